The standard InChI is InChI=1S/C15H14ClNO2/c1-2-19-12-6-3-10(4-7-12)15(18)13-9-11(16)5-8-14(13)17/h3-9H,2,17H2,1H3. The number of ether oxygens (including phenoxy) is 1. The van der Waals surface area contributed by atoms with Crippen LogP contribution in [0, 0.1) is 0 Å². The van der Waals surface area contributed by atoms with Crippen molar-refractivity contribution in [3.05, 3.63) is 58.6 Å². The SMILES string of the molecule is CCOc1ccc(C(=O)c2cc(Cl)ccc2N)cc1. The van der Waals surface area contributed by atoms with Crippen molar-refractivity contribution in [2.45, 2.75) is 6.92 Å². The average molecular weight is 276 g/mol. The van der Waals surface area contributed by atoms with Gasteiger partial charge in [-0.1, -0.05) is 11.6 Å². The predicted octanol–water partition coefficient (Wildman–Crippen LogP) is 3.55. The van der Waals surface area contributed by atoms with Crippen LogP contribution < -0.4 is 10.5 Å². The minimum Gasteiger partial charge on any atom is -0.494 e. The lowest BCUT2D eigenvalue weighted by molar-refractivity contribution is 0.103. The summed E-state index contributed by atoms with van der Waals surface area (Å²) in [6.45, 7) is 2.50. The van der Waals surface area contributed by atoms with Crippen LogP contribution in [0.2, 0.25) is 5.02 Å². The second kappa shape index (κ2) is 5.76. The van der Waals surface area contributed by atoms with Crippen LogP contribution in [-0.2, 0) is 0 Å². The van der Waals surface area contributed by atoms with Gasteiger partial charge < -0.3 is 10.5 Å². The number of carbonyl (C=O) groups excluding carboxylic acids is 1. The average Bonchev–Trinajstić information content (AvgIpc) is 2.42. The van der Waals surface area contributed by atoms with Gasteiger partial charge in [0.2, 0.25) is 0 Å². The maximum atomic E-state index is 12.3. The first-order valence-electron chi connectivity index (χ1n) is 5.94. The molecule has 0 aliphatic rings. The number of nitrogens with two attached hydrogens (primary N) is 1. The molecule has 0 amide bonds. The van der Waals surface area contributed by atoms with Crippen molar-refractivity contribution in [2.24, 2.45) is 0 Å². The fraction of sp³-hybridized carbons (Fsp3) is 0.133. The summed E-state index contributed by atoms with van der Waals surface area (Å²) in [6, 6.07) is 11.8. The first-order valence-corrected chi connectivity index (χ1v) is 6.32. The van der Waals surface area contributed by atoms with Gasteiger partial charge in [-0.2, -0.15) is 0 Å². The van der Waals surface area contributed by atoms with E-state index in [-0.39, 0.29) is 5.78 Å². The normalized spacial score (nSPS) is 10.2. The van der Waals surface area contributed by atoms with Crippen LogP contribution in [0.3, 0.4) is 0 Å². The van der Waals surface area contributed by atoms with Gasteiger partial charge in [0.15, 0.2) is 5.78 Å². The number of rotatable bonds is 4. The van der Waals surface area contributed by atoms with Gasteiger partial charge in [0.25, 0.3) is 0 Å². The highest BCUT2D eigenvalue weighted by molar-refractivity contribution is 6.31. The van der Waals surface area contributed by atoms with Crippen LogP contribution in [0.5, 0.6) is 5.75 Å². The first kappa shape index (κ1) is 13.4. The minimum atomic E-state index is -0.150. The van der Waals surface area contributed by atoms with E-state index in [2.05, 4.69) is 0 Å². The Morgan fingerprint density at radius 1 is 1.21 bits per heavy atom. The number of hydrogen-bond donors (Lipinski definition) is 1. The van der Waals surface area contributed by atoms with Crippen LogP contribution in [0.15, 0.2) is 42.5 Å². The van der Waals surface area contributed by atoms with E-state index in [0.717, 1.165) is 5.75 Å². The largest absolute Gasteiger partial charge is 0.494 e. The quantitative estimate of drug-likeness (QED) is 0.686. The second-order valence-corrected chi connectivity index (χ2v) is 4.45. The van der Waals surface area contributed by atoms with Crippen LogP contribution >= 0.6 is 11.6 Å². The summed E-state index contributed by atoms with van der Waals surface area (Å²) in [6.07, 6.45) is 0. The number of ketones is 1. The topological polar surface area (TPSA) is 52.3 Å². The third kappa shape index (κ3) is 3.06. The maximum absolute atomic E-state index is 12.3. The van der Waals surface area contributed by atoms with Gasteiger partial charge in [0.05, 0.1) is 6.61 Å². The molecule has 0 aromatic heterocycles. The monoisotopic (exact) mass is 275 g/mol. The Balaban J connectivity index is 2.30. The molecular formula is C15H14ClNO2. The first-order chi connectivity index (χ1) is 9.11. The van der Waals surface area contributed by atoms with Gasteiger partial charge >= 0.3 is 0 Å². The van der Waals surface area contributed by atoms with Crippen molar-refractivity contribution >= 4 is 23.1 Å². The molecule has 0 aliphatic heterocycles. The van der Waals surface area contributed by atoms with Gasteiger partial charge in [-0.25, -0.2) is 0 Å². The molecule has 0 spiro atoms. The van der Waals surface area contributed by atoms with Crippen molar-refractivity contribution in [3.8, 4) is 5.75 Å². The molecule has 19 heavy (non-hydrogen) atoms. The molecule has 0 unspecified atom stereocenters. The molecule has 0 saturated heterocycles. The lowest BCUT2D eigenvalue weighted by atomic mass is 10.0. The van der Waals surface area contributed by atoms with Crippen LogP contribution in [0.25, 0.3) is 0 Å². The molecule has 0 saturated carbocycles. The summed E-state index contributed by atoms with van der Waals surface area (Å²) in [5, 5.41) is 0.489. The van der Waals surface area contributed by atoms with E-state index in [4.69, 9.17) is 22.1 Å². The number of halogens is 1. The Kier molecular flexibility index (Phi) is 4.07. The predicted molar refractivity (Wildman–Crippen MR) is 76.9 cm³/mol. The summed E-state index contributed by atoms with van der Waals surface area (Å²) in [5.74, 6) is 0.584. The molecule has 0 heterocycles. The summed E-state index contributed by atoms with van der Waals surface area (Å²) in [4.78, 5) is 12.3. The molecule has 2 aromatic carbocycles. The smallest absolute Gasteiger partial charge is 0.195 e. The van der Waals surface area contributed by atoms with E-state index in [1.807, 2.05) is 6.92 Å². The Morgan fingerprint density at radius 3 is 2.53 bits per heavy atom. The van der Waals surface area contributed by atoms with Gasteiger partial charge in [-0.3, -0.25) is 4.79 Å². The fourth-order valence-electron chi connectivity index (χ4n) is 1.75. The molecule has 0 bridgehead atoms. The van der Waals surface area contributed by atoms with E-state index in [1.54, 1.807) is 42.5 Å². The van der Waals surface area contributed by atoms with Gasteiger partial charge in [0.1, 0.15) is 5.75 Å². The molecule has 2 rings (SSSR count). The van der Waals surface area contributed by atoms with Crippen molar-refractivity contribution < 1.29 is 9.53 Å². The lowest BCUT2D eigenvalue weighted by Gasteiger charge is -2.07. The number of hydrogen-bond acceptors (Lipinski definition) is 3. The lowest BCUT2D eigenvalue weighted by Crippen LogP contribution is -2.05. The van der Waals surface area contributed by atoms with Crippen LogP contribution in [0.4, 0.5) is 5.69 Å². The number of carbonyl (C=O) groups is 1. The van der Waals surface area contributed by atoms with Gasteiger partial charge in [-0.05, 0) is 49.4 Å². The molecular weight excluding hydrogens is 262 g/mol. The van der Waals surface area contributed by atoms with Crippen LogP contribution in [-0.4, -0.2) is 12.4 Å². The van der Waals surface area contributed by atoms with E-state index in [0.29, 0.717) is 28.4 Å². The van der Waals surface area contributed by atoms with Crippen molar-refractivity contribution in [1.29, 1.82) is 0 Å². The van der Waals surface area contributed by atoms with Crippen molar-refractivity contribution in [1.82, 2.24) is 0 Å². The van der Waals surface area contributed by atoms with E-state index in [1.165, 1.54) is 0 Å². The molecule has 0 aliphatic carbocycles. The highest BCUT2D eigenvalue weighted by Crippen LogP contribution is 2.22. The summed E-state index contributed by atoms with van der Waals surface area (Å²) >= 11 is 5.89. The summed E-state index contributed by atoms with van der Waals surface area (Å²) < 4.78 is 5.33. The fourth-order valence-corrected chi connectivity index (χ4v) is 1.92. The molecule has 98 valence electrons. The zero-order chi connectivity index (χ0) is 13.8. The van der Waals surface area contributed by atoms with E-state index >= 15 is 0 Å². The summed E-state index contributed by atoms with van der Waals surface area (Å²) in [7, 11) is 0. The molecule has 2 aromatic rings. The third-order valence-electron chi connectivity index (χ3n) is 2.69. The number of anilines is 1. The number of nitrogen functional groups attached to an aromatic ring is 1. The molecule has 4 heteroatoms. The molecule has 0 radical (unpaired) electrons. The highest BCUT2D eigenvalue weighted by Gasteiger charge is 2.12. The zero-order valence-electron chi connectivity index (χ0n) is 10.5. The van der Waals surface area contributed by atoms with Gasteiger partial charge in [0, 0.05) is 21.8 Å². The van der Waals surface area contributed by atoms with Crippen molar-refractivity contribution in [2.75, 3.05) is 12.3 Å². The zero-order valence-corrected chi connectivity index (χ0v) is 11.3. The highest BCUT2D eigenvalue weighted by atomic mass is 35.5. The Bertz CT molecular complexity index is 594. The van der Waals surface area contributed by atoms with E-state index in [9.17, 15) is 4.79 Å². The third-order valence-corrected chi connectivity index (χ3v) is 2.92. The molecule has 2 N–H and O–H groups in total. The number of benzene rings is 2. The van der Waals surface area contributed by atoms with Gasteiger partial charge in [-0.15, -0.1) is 0 Å². The Hall–Kier alpha value is -2.00. The minimum absolute atomic E-state index is 0.150. The summed E-state index contributed by atoms with van der Waals surface area (Å²) in [5.41, 5.74) is 7.19. The van der Waals surface area contributed by atoms with Crippen LogP contribution in [0.1, 0.15) is 22.8 Å². The van der Waals surface area contributed by atoms with Crippen molar-refractivity contribution in [3.63, 3.8) is 0 Å². The van der Waals surface area contributed by atoms with E-state index < -0.39 is 0 Å². The molecule has 0 atom stereocenters. The molecule has 0 fully saturated rings. The Labute approximate surface area is 117 Å². The second-order valence-electron chi connectivity index (χ2n) is 4.02. The Morgan fingerprint density at radius 2 is 1.89 bits per heavy atom. The maximum Gasteiger partial charge on any atom is 0.195 e. The molecule has 3 nitrogen and oxygen atoms in total.